The molecule has 5 rings (SSSR count). The second kappa shape index (κ2) is 9.66. The lowest BCUT2D eigenvalue weighted by Crippen LogP contribution is -2.42. The number of aromatic nitrogens is 1. The summed E-state index contributed by atoms with van der Waals surface area (Å²) in [4.78, 5) is 9.11. The number of hydrogen-bond acceptors (Lipinski definition) is 4. The van der Waals surface area contributed by atoms with Crippen LogP contribution in [0.3, 0.4) is 0 Å². The third-order valence-electron chi connectivity index (χ3n) is 7.24. The van der Waals surface area contributed by atoms with Crippen molar-refractivity contribution in [3.05, 3.63) is 88.7 Å². The summed E-state index contributed by atoms with van der Waals surface area (Å²) in [5.74, 6) is 0.827. The third kappa shape index (κ3) is 4.69. The van der Waals surface area contributed by atoms with Gasteiger partial charge in [-0.15, -0.1) is 0 Å². The number of anilines is 2. The summed E-state index contributed by atoms with van der Waals surface area (Å²) >= 11 is 13.0. The quantitative estimate of drug-likeness (QED) is 0.347. The van der Waals surface area contributed by atoms with Crippen LogP contribution in [0.4, 0.5) is 11.4 Å². The van der Waals surface area contributed by atoms with E-state index in [1.54, 1.807) is 0 Å². The van der Waals surface area contributed by atoms with E-state index in [1.807, 2.05) is 62.5 Å². The van der Waals surface area contributed by atoms with Gasteiger partial charge < -0.3 is 19.9 Å². The second-order valence-electron chi connectivity index (χ2n) is 10.6. The van der Waals surface area contributed by atoms with E-state index in [9.17, 15) is 0 Å². The van der Waals surface area contributed by atoms with Crippen LogP contribution in [0, 0.1) is 0 Å². The molecule has 1 fully saturated rings. The zero-order chi connectivity index (χ0) is 26.5. The predicted molar refractivity (Wildman–Crippen MR) is 158 cm³/mol. The maximum atomic E-state index is 7.10. The van der Waals surface area contributed by atoms with E-state index in [1.165, 1.54) is 11.1 Å². The molecule has 0 amide bonds. The molecule has 0 saturated carbocycles. The Hall–Kier alpha value is -3.09. The number of benzene rings is 2. The molecule has 1 N–H and O–H groups in total. The molecule has 0 spiro atoms. The fourth-order valence-corrected chi connectivity index (χ4v) is 5.94. The average Bonchev–Trinajstić information content (AvgIpc) is 3.19. The molecule has 7 heteroatoms. The van der Waals surface area contributed by atoms with E-state index >= 15 is 0 Å². The van der Waals surface area contributed by atoms with Gasteiger partial charge in [0.2, 0.25) is 0 Å². The Labute approximate surface area is 230 Å². The minimum absolute atomic E-state index is 0.0965. The Balaban J connectivity index is 1.65. The monoisotopic (exact) mass is 532 g/mol. The normalized spacial score (nSPS) is 20.5. The fraction of sp³-hybridized carbons (Fsp3) is 0.333. The van der Waals surface area contributed by atoms with Crippen LogP contribution in [-0.2, 0) is 0 Å². The summed E-state index contributed by atoms with van der Waals surface area (Å²) in [5.41, 5.74) is 6.34. The van der Waals surface area contributed by atoms with Gasteiger partial charge in [0.25, 0.3) is 0 Å². The number of thiocarbonyl (C=S) groups is 1. The van der Waals surface area contributed by atoms with Crippen molar-refractivity contribution in [1.82, 2.24) is 10.3 Å². The Bertz CT molecular complexity index is 1350. The van der Waals surface area contributed by atoms with Gasteiger partial charge in [-0.2, -0.15) is 0 Å². The van der Waals surface area contributed by atoms with E-state index in [0.29, 0.717) is 10.1 Å². The summed E-state index contributed by atoms with van der Waals surface area (Å²) in [5, 5.41) is 4.88. The Kier molecular flexibility index (Phi) is 6.67. The lowest BCUT2D eigenvalue weighted by atomic mass is 9.86. The van der Waals surface area contributed by atoms with Crippen molar-refractivity contribution in [1.29, 1.82) is 0 Å². The van der Waals surface area contributed by atoms with Gasteiger partial charge in [0.15, 0.2) is 5.11 Å². The number of likely N-dealkylation sites (N-methyl/N-ethyl adjacent to an activating group) is 1. The first kappa shape index (κ1) is 25.6. The topological polar surface area (TPSA) is 40.6 Å². The van der Waals surface area contributed by atoms with Gasteiger partial charge in [0.1, 0.15) is 5.75 Å². The molecule has 2 atom stereocenters. The minimum atomic E-state index is -0.190. The van der Waals surface area contributed by atoms with Crippen LogP contribution >= 0.6 is 23.8 Å². The van der Waals surface area contributed by atoms with Crippen molar-refractivity contribution in [3.8, 4) is 5.75 Å². The average molecular weight is 533 g/mol. The van der Waals surface area contributed by atoms with Crippen molar-refractivity contribution >= 4 is 45.9 Å². The smallest absolute Gasteiger partial charge is 0.174 e. The van der Waals surface area contributed by atoms with Crippen LogP contribution in [0.1, 0.15) is 63.5 Å². The number of fused-ring (bicyclic) bond motifs is 1. The molecule has 3 aromatic rings. The molecule has 2 aromatic carbocycles. The molecular weight excluding hydrogens is 500 g/mol. The van der Waals surface area contributed by atoms with Crippen molar-refractivity contribution in [2.45, 2.75) is 58.3 Å². The van der Waals surface area contributed by atoms with Crippen molar-refractivity contribution in [2.24, 2.45) is 0 Å². The predicted octanol–water partition coefficient (Wildman–Crippen LogP) is 7.33. The maximum Gasteiger partial charge on any atom is 0.174 e. The standard InChI is InChI=1S/C30H33ClN4OS/c1-18(2)36-21-12-10-20(11-13-21)35-28(27(33-29(35)37)25-9-7-8-14-32-25)23-15-22-19(3)17-30(4,5)34(6)26(22)16-24(23)31/h7-18,27-28H,1-6H3,(H,33,37). The van der Waals surface area contributed by atoms with Crippen LogP contribution in [0.15, 0.2) is 66.9 Å². The molecule has 192 valence electrons. The molecule has 0 aliphatic carbocycles. The third-order valence-corrected chi connectivity index (χ3v) is 7.88. The molecule has 37 heavy (non-hydrogen) atoms. The molecular formula is C30H33ClN4OS. The Morgan fingerprint density at radius 2 is 1.84 bits per heavy atom. The van der Waals surface area contributed by atoms with Crippen LogP contribution < -0.4 is 19.9 Å². The zero-order valence-corrected chi connectivity index (χ0v) is 23.7. The van der Waals surface area contributed by atoms with Gasteiger partial charge in [-0.1, -0.05) is 23.7 Å². The molecule has 3 heterocycles. The maximum absolute atomic E-state index is 7.10. The number of halogens is 1. The van der Waals surface area contributed by atoms with Crippen LogP contribution in [0.5, 0.6) is 5.75 Å². The second-order valence-corrected chi connectivity index (χ2v) is 11.4. The SMILES string of the molecule is CC1=CC(C)(C)N(C)c2cc(Cl)c(C3C(c4ccccn4)NC(=S)N3c3ccc(OC(C)C)cc3)cc21. The van der Waals surface area contributed by atoms with Crippen molar-refractivity contribution < 1.29 is 4.74 Å². The largest absolute Gasteiger partial charge is 0.491 e. The Morgan fingerprint density at radius 3 is 2.49 bits per heavy atom. The number of allylic oxidation sites excluding steroid dienone is 1. The van der Waals surface area contributed by atoms with Crippen molar-refractivity contribution in [3.63, 3.8) is 0 Å². The van der Waals surface area contributed by atoms with Gasteiger partial charge in [0, 0.05) is 35.2 Å². The Morgan fingerprint density at radius 1 is 1.11 bits per heavy atom. The number of ether oxygens (including phenoxy) is 1. The van der Waals surface area contributed by atoms with Crippen LogP contribution in [0.25, 0.3) is 5.57 Å². The first-order valence-corrected chi connectivity index (χ1v) is 13.4. The van der Waals surface area contributed by atoms with E-state index < -0.39 is 0 Å². The first-order chi connectivity index (χ1) is 17.6. The molecule has 5 nitrogen and oxygen atoms in total. The van der Waals surface area contributed by atoms with E-state index in [2.05, 4.69) is 66.1 Å². The van der Waals surface area contributed by atoms with Gasteiger partial charge >= 0.3 is 0 Å². The number of nitrogens with zero attached hydrogens (tertiary/aromatic N) is 3. The van der Waals surface area contributed by atoms with Crippen LogP contribution in [0.2, 0.25) is 5.02 Å². The highest BCUT2D eigenvalue weighted by Crippen LogP contribution is 2.48. The summed E-state index contributed by atoms with van der Waals surface area (Å²) in [6.45, 7) is 10.6. The number of hydrogen-bond donors (Lipinski definition) is 1. The highest BCUT2D eigenvalue weighted by atomic mass is 35.5. The number of nitrogens with one attached hydrogen (secondary N) is 1. The van der Waals surface area contributed by atoms with Gasteiger partial charge in [-0.25, -0.2) is 0 Å². The number of rotatable bonds is 5. The molecule has 2 aliphatic rings. The summed E-state index contributed by atoms with van der Waals surface area (Å²) in [7, 11) is 2.12. The van der Waals surface area contributed by atoms with E-state index in [0.717, 1.165) is 28.4 Å². The zero-order valence-electron chi connectivity index (χ0n) is 22.1. The summed E-state index contributed by atoms with van der Waals surface area (Å²) in [6.07, 6.45) is 4.23. The van der Waals surface area contributed by atoms with Gasteiger partial charge in [0.05, 0.1) is 29.4 Å². The molecule has 0 radical (unpaired) electrons. The first-order valence-electron chi connectivity index (χ1n) is 12.6. The molecule has 2 unspecified atom stereocenters. The molecule has 2 aliphatic heterocycles. The van der Waals surface area contributed by atoms with E-state index in [-0.39, 0.29) is 23.7 Å². The molecule has 1 aromatic heterocycles. The fourth-order valence-electron chi connectivity index (χ4n) is 5.32. The molecule has 0 bridgehead atoms. The highest BCUT2D eigenvalue weighted by molar-refractivity contribution is 7.80. The lowest BCUT2D eigenvalue weighted by molar-refractivity contribution is 0.242. The highest BCUT2D eigenvalue weighted by Gasteiger charge is 2.42. The van der Waals surface area contributed by atoms with Gasteiger partial charge in [-0.05, 0) is 107 Å². The van der Waals surface area contributed by atoms with Crippen molar-refractivity contribution in [2.75, 3.05) is 16.8 Å². The lowest BCUT2D eigenvalue weighted by Gasteiger charge is -2.41. The summed E-state index contributed by atoms with van der Waals surface area (Å²) < 4.78 is 5.87. The van der Waals surface area contributed by atoms with Gasteiger partial charge in [-0.3, -0.25) is 4.98 Å². The molecule has 1 saturated heterocycles. The van der Waals surface area contributed by atoms with Crippen LogP contribution in [-0.4, -0.2) is 28.8 Å². The minimum Gasteiger partial charge on any atom is -0.491 e. The van der Waals surface area contributed by atoms with E-state index in [4.69, 9.17) is 28.6 Å². The summed E-state index contributed by atoms with van der Waals surface area (Å²) in [6, 6.07) is 18.0. The number of pyridine rings is 1.